The minimum Gasteiger partial charge on any atom is -0.456 e. The van der Waals surface area contributed by atoms with Crippen molar-refractivity contribution in [1.82, 2.24) is 0 Å². The molecule has 0 radical (unpaired) electrons. The molecule has 140 valence electrons. The van der Waals surface area contributed by atoms with E-state index in [9.17, 15) is 0 Å². The lowest BCUT2D eigenvalue weighted by molar-refractivity contribution is -0.955. The van der Waals surface area contributed by atoms with Gasteiger partial charge >= 0.3 is 5.66 Å². The van der Waals surface area contributed by atoms with E-state index < -0.39 is 5.66 Å². The molecular weight excluding hydrogens is 368 g/mol. The summed E-state index contributed by atoms with van der Waals surface area (Å²) in [5, 5.41) is 0. The summed E-state index contributed by atoms with van der Waals surface area (Å²) in [7, 11) is 0. The molecule has 0 bridgehead atoms. The predicted molar refractivity (Wildman–Crippen MR) is 114 cm³/mol. The van der Waals surface area contributed by atoms with Crippen molar-refractivity contribution in [2.24, 2.45) is 0 Å². The largest absolute Gasteiger partial charge is 0.456 e. The van der Waals surface area contributed by atoms with E-state index in [2.05, 4.69) is 101 Å². The van der Waals surface area contributed by atoms with E-state index in [0.717, 1.165) is 22.6 Å². The summed E-state index contributed by atoms with van der Waals surface area (Å²) in [6.07, 6.45) is 4.37. The molecule has 1 unspecified atom stereocenters. The van der Waals surface area contributed by atoms with Crippen LogP contribution in [0.4, 0.5) is 0 Å². The fourth-order valence-electron chi connectivity index (χ4n) is 5.49. The summed E-state index contributed by atoms with van der Waals surface area (Å²) >= 11 is 0. The van der Waals surface area contributed by atoms with Crippen LogP contribution in [0.2, 0.25) is 0 Å². The second-order valence-electron chi connectivity index (χ2n) is 7.90. The standard InChI is InChI=1S/C27H18N2O/c1-18-25-23-14-7-9-17-29(23)27(26(25)20-11-3-5-15-24(20)30-18)21-12-4-2-10-19(21)22-13-6-8-16-28(22)27/h2-17H,1H2/q+2. The van der Waals surface area contributed by atoms with Crippen molar-refractivity contribution in [3.05, 3.63) is 126 Å². The number of allylic oxidation sites excluding steroid dienone is 2. The number of fused-ring (bicyclic) bond motifs is 11. The Labute approximate surface area is 174 Å². The molecule has 0 saturated heterocycles. The van der Waals surface area contributed by atoms with Gasteiger partial charge in [0.25, 0.3) is 0 Å². The molecule has 30 heavy (non-hydrogen) atoms. The lowest BCUT2D eigenvalue weighted by atomic mass is 9.83. The highest BCUT2D eigenvalue weighted by Crippen LogP contribution is 2.54. The average molecular weight is 386 g/mol. The van der Waals surface area contributed by atoms with Gasteiger partial charge in [-0.15, -0.1) is 9.13 Å². The van der Waals surface area contributed by atoms with Gasteiger partial charge in [0.2, 0.25) is 11.4 Å². The van der Waals surface area contributed by atoms with Crippen LogP contribution in [0.3, 0.4) is 0 Å². The minimum absolute atomic E-state index is 0.526. The monoisotopic (exact) mass is 386 g/mol. The Hall–Kier alpha value is -3.98. The Morgan fingerprint density at radius 2 is 1.30 bits per heavy atom. The maximum atomic E-state index is 6.21. The Kier molecular flexibility index (Phi) is 2.82. The molecule has 4 aromatic rings. The molecule has 0 N–H and O–H groups in total. The summed E-state index contributed by atoms with van der Waals surface area (Å²) in [5.74, 6) is 1.56. The van der Waals surface area contributed by atoms with Crippen molar-refractivity contribution in [2.75, 3.05) is 0 Å². The Bertz CT molecular complexity index is 1400. The molecule has 2 aromatic heterocycles. The van der Waals surface area contributed by atoms with E-state index in [1.807, 2.05) is 12.1 Å². The van der Waals surface area contributed by atoms with Gasteiger partial charge in [-0.1, -0.05) is 36.9 Å². The summed E-state index contributed by atoms with van der Waals surface area (Å²) in [6, 6.07) is 29.8. The van der Waals surface area contributed by atoms with Crippen LogP contribution in [0.5, 0.6) is 5.75 Å². The zero-order valence-corrected chi connectivity index (χ0v) is 16.2. The molecule has 1 spiro atoms. The van der Waals surface area contributed by atoms with Gasteiger partial charge < -0.3 is 4.74 Å². The van der Waals surface area contributed by atoms with Crippen LogP contribution in [-0.2, 0) is 5.66 Å². The number of benzene rings is 2. The number of ether oxygens (including phenoxy) is 1. The van der Waals surface area contributed by atoms with Crippen molar-refractivity contribution in [3.8, 4) is 17.0 Å². The smallest absolute Gasteiger partial charge is 0.418 e. The first-order valence-corrected chi connectivity index (χ1v) is 10.2. The number of nitrogens with zero attached hydrogens (tertiary/aromatic N) is 2. The van der Waals surface area contributed by atoms with Gasteiger partial charge in [-0.05, 0) is 30.3 Å². The van der Waals surface area contributed by atoms with E-state index >= 15 is 0 Å². The van der Waals surface area contributed by atoms with Crippen LogP contribution in [0.25, 0.3) is 22.4 Å². The predicted octanol–water partition coefficient (Wildman–Crippen LogP) is 4.32. The zero-order valence-electron chi connectivity index (χ0n) is 16.2. The summed E-state index contributed by atoms with van der Waals surface area (Å²) < 4.78 is 11.0. The third kappa shape index (κ3) is 1.64. The second-order valence-corrected chi connectivity index (χ2v) is 7.90. The first-order chi connectivity index (χ1) is 14.8. The van der Waals surface area contributed by atoms with Crippen molar-refractivity contribution < 1.29 is 13.9 Å². The zero-order chi connectivity index (χ0) is 19.9. The maximum absolute atomic E-state index is 6.21. The molecule has 3 aliphatic rings. The molecule has 3 heteroatoms. The third-order valence-electron chi connectivity index (χ3n) is 6.52. The second kappa shape index (κ2) is 5.33. The van der Waals surface area contributed by atoms with Gasteiger partial charge in [0.1, 0.15) is 28.2 Å². The fourth-order valence-corrected chi connectivity index (χ4v) is 5.49. The highest BCUT2D eigenvalue weighted by Gasteiger charge is 2.69. The number of rotatable bonds is 0. The van der Waals surface area contributed by atoms with Crippen LogP contribution in [-0.4, -0.2) is 0 Å². The van der Waals surface area contributed by atoms with E-state index in [1.165, 1.54) is 22.4 Å². The van der Waals surface area contributed by atoms with Crippen molar-refractivity contribution >= 4 is 11.1 Å². The van der Waals surface area contributed by atoms with Crippen molar-refractivity contribution in [3.63, 3.8) is 0 Å². The van der Waals surface area contributed by atoms with Gasteiger partial charge in [-0.3, -0.25) is 0 Å². The van der Waals surface area contributed by atoms with Crippen LogP contribution in [0, 0.1) is 0 Å². The molecule has 1 atom stereocenters. The molecule has 3 aliphatic heterocycles. The molecule has 0 fully saturated rings. The van der Waals surface area contributed by atoms with Crippen molar-refractivity contribution in [2.45, 2.75) is 5.66 Å². The number of para-hydroxylation sites is 1. The summed E-state index contributed by atoms with van der Waals surface area (Å²) in [6.45, 7) is 4.32. The van der Waals surface area contributed by atoms with E-state index in [-0.39, 0.29) is 0 Å². The lowest BCUT2D eigenvalue weighted by Gasteiger charge is -2.24. The molecule has 2 aromatic carbocycles. The topological polar surface area (TPSA) is 17.0 Å². The van der Waals surface area contributed by atoms with Gasteiger partial charge in [0.15, 0.2) is 12.4 Å². The SMILES string of the molecule is C=C1Oc2ccccc2C2=C1c1cccc[n+]1C21c2ccccc2-c2cccc[n+]21. The number of hydrogen-bond donors (Lipinski definition) is 0. The molecular formula is C27H18N2O+2. The van der Waals surface area contributed by atoms with Crippen molar-refractivity contribution in [1.29, 1.82) is 0 Å². The summed E-state index contributed by atoms with van der Waals surface area (Å²) in [5.41, 5.74) is 7.73. The maximum Gasteiger partial charge on any atom is 0.418 e. The fraction of sp³-hybridized carbons (Fsp3) is 0.0370. The molecule has 0 amide bonds. The highest BCUT2D eigenvalue weighted by molar-refractivity contribution is 6.03. The molecule has 0 saturated carbocycles. The molecule has 7 rings (SSSR count). The van der Waals surface area contributed by atoms with Crippen LogP contribution in [0.15, 0.2) is 110 Å². The van der Waals surface area contributed by atoms with Crippen LogP contribution < -0.4 is 13.9 Å². The summed E-state index contributed by atoms with van der Waals surface area (Å²) in [4.78, 5) is 0. The first kappa shape index (κ1) is 15.9. The normalized spacial score (nSPS) is 19.7. The third-order valence-corrected chi connectivity index (χ3v) is 6.52. The number of pyridine rings is 2. The Balaban J connectivity index is 1.74. The van der Waals surface area contributed by atoms with Crippen LogP contribution in [0.1, 0.15) is 16.8 Å². The number of aromatic nitrogens is 2. The first-order valence-electron chi connectivity index (χ1n) is 10.2. The van der Waals surface area contributed by atoms with Gasteiger partial charge in [0, 0.05) is 29.8 Å². The molecule has 5 heterocycles. The average Bonchev–Trinajstić information content (AvgIpc) is 3.27. The molecule has 0 aliphatic carbocycles. The lowest BCUT2D eigenvalue weighted by Crippen LogP contribution is -2.71. The number of hydrogen-bond acceptors (Lipinski definition) is 1. The van der Waals surface area contributed by atoms with Gasteiger partial charge in [0.05, 0.1) is 5.56 Å². The van der Waals surface area contributed by atoms with Crippen LogP contribution >= 0.6 is 0 Å². The quantitative estimate of drug-likeness (QED) is 0.411. The van der Waals surface area contributed by atoms with E-state index in [1.54, 1.807) is 0 Å². The highest BCUT2D eigenvalue weighted by atomic mass is 16.5. The Morgan fingerprint density at radius 3 is 2.13 bits per heavy atom. The van der Waals surface area contributed by atoms with E-state index in [0.29, 0.717) is 5.76 Å². The van der Waals surface area contributed by atoms with E-state index in [4.69, 9.17) is 4.74 Å². The Morgan fingerprint density at radius 1 is 0.667 bits per heavy atom. The van der Waals surface area contributed by atoms with Gasteiger partial charge in [-0.25, -0.2) is 0 Å². The molecule has 3 nitrogen and oxygen atoms in total. The van der Waals surface area contributed by atoms with Gasteiger partial charge in [-0.2, -0.15) is 0 Å². The minimum atomic E-state index is -0.526.